The monoisotopic (exact) mass is 358 g/mol. The van der Waals surface area contributed by atoms with Crippen molar-refractivity contribution in [2.45, 2.75) is 45.6 Å². The fraction of sp³-hybridized carbons (Fsp3) is 0.421. The van der Waals surface area contributed by atoms with Crippen molar-refractivity contribution in [2.75, 3.05) is 11.9 Å². The molecule has 1 aromatic carbocycles. The van der Waals surface area contributed by atoms with Crippen molar-refractivity contribution in [2.24, 2.45) is 0 Å². The zero-order valence-electron chi connectivity index (χ0n) is 15.5. The fourth-order valence-electron chi connectivity index (χ4n) is 2.45. The lowest BCUT2D eigenvalue weighted by Crippen LogP contribution is -2.30. The summed E-state index contributed by atoms with van der Waals surface area (Å²) in [6.07, 6.45) is 2.05. The largest absolute Gasteiger partial charge is 0.481 e. The maximum atomic E-state index is 11.9. The molecule has 0 atom stereocenters. The lowest BCUT2D eigenvalue weighted by atomic mass is 9.87. The molecule has 7 heteroatoms. The van der Waals surface area contributed by atoms with Crippen LogP contribution < -0.4 is 10.6 Å². The number of amides is 2. The molecule has 0 saturated carbocycles. The second kappa shape index (κ2) is 8.51. The number of aromatic nitrogens is 2. The second-order valence-electron chi connectivity index (χ2n) is 7.20. The average molecular weight is 358 g/mol. The Hall–Kier alpha value is -2.83. The van der Waals surface area contributed by atoms with Gasteiger partial charge in [-0.1, -0.05) is 45.0 Å². The minimum Gasteiger partial charge on any atom is -0.481 e. The first-order chi connectivity index (χ1) is 12.3. The lowest BCUT2D eigenvalue weighted by molar-refractivity contribution is -0.137. The highest BCUT2D eigenvalue weighted by molar-refractivity contribution is 5.88. The van der Waals surface area contributed by atoms with Crippen molar-refractivity contribution in [3.05, 3.63) is 47.7 Å². The van der Waals surface area contributed by atoms with Crippen LogP contribution >= 0.6 is 0 Å². The summed E-state index contributed by atoms with van der Waals surface area (Å²) in [7, 11) is 0. The van der Waals surface area contributed by atoms with Crippen molar-refractivity contribution >= 4 is 17.8 Å². The Labute approximate surface area is 153 Å². The number of carbonyl (C=O) groups excluding carboxylic acids is 1. The normalized spacial score (nSPS) is 11.2. The van der Waals surface area contributed by atoms with Crippen LogP contribution in [0, 0.1) is 0 Å². The van der Waals surface area contributed by atoms with Gasteiger partial charge >= 0.3 is 12.0 Å². The third kappa shape index (κ3) is 5.91. The van der Waals surface area contributed by atoms with E-state index in [-0.39, 0.29) is 17.9 Å². The van der Waals surface area contributed by atoms with Gasteiger partial charge in [-0.25, -0.2) is 9.48 Å². The van der Waals surface area contributed by atoms with Gasteiger partial charge in [-0.15, -0.1) is 0 Å². The first kappa shape index (κ1) is 19.5. The van der Waals surface area contributed by atoms with Gasteiger partial charge < -0.3 is 10.4 Å². The molecule has 0 fully saturated rings. The molecule has 1 heterocycles. The standard InChI is InChI=1S/C19H26N4O3/c1-19(2,3)15-8-6-14(7-9-15)13-23-16(10-12-21-23)22-18(26)20-11-4-5-17(24)25/h6-10,12H,4-5,11,13H2,1-3H3,(H,24,25)(H2,20,22,26). The Bertz CT molecular complexity index is 745. The van der Waals surface area contributed by atoms with Gasteiger partial charge in [-0.3, -0.25) is 10.1 Å². The van der Waals surface area contributed by atoms with Gasteiger partial charge in [0.1, 0.15) is 5.82 Å². The van der Waals surface area contributed by atoms with Crippen LogP contribution in [0.5, 0.6) is 0 Å². The van der Waals surface area contributed by atoms with Crippen LogP contribution in [0.3, 0.4) is 0 Å². The number of benzene rings is 1. The van der Waals surface area contributed by atoms with Crippen molar-refractivity contribution in [1.82, 2.24) is 15.1 Å². The second-order valence-corrected chi connectivity index (χ2v) is 7.20. The van der Waals surface area contributed by atoms with Gasteiger partial charge in [-0.05, 0) is 23.0 Å². The molecule has 26 heavy (non-hydrogen) atoms. The number of aliphatic carboxylic acids is 1. The van der Waals surface area contributed by atoms with Crippen LogP contribution in [-0.2, 0) is 16.8 Å². The number of hydrogen-bond donors (Lipinski definition) is 3. The Morgan fingerprint density at radius 3 is 2.46 bits per heavy atom. The molecule has 3 N–H and O–H groups in total. The summed E-state index contributed by atoms with van der Waals surface area (Å²) in [5, 5.41) is 18.2. The molecule has 140 valence electrons. The van der Waals surface area contributed by atoms with Gasteiger partial charge in [0.25, 0.3) is 0 Å². The molecule has 0 unspecified atom stereocenters. The Kier molecular flexibility index (Phi) is 6.38. The highest BCUT2D eigenvalue weighted by Gasteiger charge is 2.13. The van der Waals surface area contributed by atoms with E-state index in [2.05, 4.69) is 60.8 Å². The van der Waals surface area contributed by atoms with Crippen molar-refractivity contribution in [1.29, 1.82) is 0 Å². The number of urea groups is 1. The first-order valence-corrected chi connectivity index (χ1v) is 8.63. The molecular formula is C19H26N4O3. The van der Waals surface area contributed by atoms with Crippen LogP contribution in [0.4, 0.5) is 10.6 Å². The SMILES string of the molecule is CC(C)(C)c1ccc(Cn2nccc2NC(=O)NCCCC(=O)O)cc1. The number of carbonyl (C=O) groups is 2. The molecule has 0 saturated heterocycles. The molecular weight excluding hydrogens is 332 g/mol. The van der Waals surface area contributed by atoms with Crippen molar-refractivity contribution in [3.8, 4) is 0 Å². The van der Waals surface area contributed by atoms with Gasteiger partial charge in [0, 0.05) is 19.0 Å². The summed E-state index contributed by atoms with van der Waals surface area (Å²) in [5.74, 6) is -0.289. The van der Waals surface area contributed by atoms with Crippen LogP contribution in [0.15, 0.2) is 36.5 Å². The maximum Gasteiger partial charge on any atom is 0.320 e. The Morgan fingerprint density at radius 1 is 1.15 bits per heavy atom. The van der Waals surface area contributed by atoms with E-state index in [1.807, 2.05) is 0 Å². The summed E-state index contributed by atoms with van der Waals surface area (Å²) >= 11 is 0. The van der Waals surface area contributed by atoms with Gasteiger partial charge in [0.15, 0.2) is 0 Å². The summed E-state index contributed by atoms with van der Waals surface area (Å²) in [6, 6.07) is 9.71. The molecule has 0 aliphatic heterocycles. The molecule has 7 nitrogen and oxygen atoms in total. The van der Waals surface area contributed by atoms with Gasteiger partial charge in [-0.2, -0.15) is 5.10 Å². The van der Waals surface area contributed by atoms with E-state index in [9.17, 15) is 9.59 Å². The number of rotatable bonds is 7. The first-order valence-electron chi connectivity index (χ1n) is 8.63. The topological polar surface area (TPSA) is 96.3 Å². The van der Waals surface area contributed by atoms with E-state index in [0.717, 1.165) is 5.56 Å². The minimum absolute atomic E-state index is 0.0305. The summed E-state index contributed by atoms with van der Waals surface area (Å²) in [4.78, 5) is 22.4. The highest BCUT2D eigenvalue weighted by Crippen LogP contribution is 2.22. The predicted molar refractivity (Wildman–Crippen MR) is 100 cm³/mol. The Balaban J connectivity index is 1.91. The fourth-order valence-corrected chi connectivity index (χ4v) is 2.45. The number of carboxylic acids is 1. The molecule has 0 aliphatic rings. The third-order valence-electron chi connectivity index (χ3n) is 3.96. The molecule has 0 spiro atoms. The van der Waals surface area contributed by atoms with Crippen LogP contribution in [0.1, 0.15) is 44.7 Å². The zero-order chi connectivity index (χ0) is 19.2. The van der Waals surface area contributed by atoms with Crippen LogP contribution in [0.2, 0.25) is 0 Å². The van der Waals surface area contributed by atoms with E-state index < -0.39 is 5.97 Å². The quantitative estimate of drug-likeness (QED) is 0.662. The van der Waals surface area contributed by atoms with E-state index in [4.69, 9.17) is 5.11 Å². The number of carboxylic acid groups (broad SMARTS) is 1. The molecule has 1 aromatic heterocycles. The van der Waals surface area contributed by atoms with E-state index >= 15 is 0 Å². The number of anilines is 1. The number of nitrogens with zero attached hydrogens (tertiary/aromatic N) is 2. The molecule has 2 rings (SSSR count). The molecule has 0 aliphatic carbocycles. The van der Waals surface area contributed by atoms with Gasteiger partial charge in [0.05, 0.1) is 12.7 Å². The molecule has 0 radical (unpaired) electrons. The van der Waals surface area contributed by atoms with Crippen molar-refractivity contribution < 1.29 is 14.7 Å². The average Bonchev–Trinajstić information content (AvgIpc) is 2.98. The van der Waals surface area contributed by atoms with Gasteiger partial charge in [0.2, 0.25) is 0 Å². The zero-order valence-corrected chi connectivity index (χ0v) is 15.5. The van der Waals surface area contributed by atoms with Crippen LogP contribution in [0.25, 0.3) is 0 Å². The van der Waals surface area contributed by atoms with E-state index in [1.54, 1.807) is 16.9 Å². The summed E-state index contributed by atoms with van der Waals surface area (Å²) < 4.78 is 1.71. The third-order valence-corrected chi connectivity index (χ3v) is 3.96. The van der Waals surface area contributed by atoms with E-state index in [0.29, 0.717) is 25.3 Å². The minimum atomic E-state index is -0.872. The Morgan fingerprint density at radius 2 is 1.85 bits per heavy atom. The highest BCUT2D eigenvalue weighted by atomic mass is 16.4. The van der Waals surface area contributed by atoms with E-state index in [1.165, 1.54) is 5.56 Å². The molecule has 2 amide bonds. The van der Waals surface area contributed by atoms with Crippen molar-refractivity contribution in [3.63, 3.8) is 0 Å². The molecule has 2 aromatic rings. The summed E-state index contributed by atoms with van der Waals surface area (Å²) in [5.41, 5.74) is 2.46. The number of nitrogens with one attached hydrogen (secondary N) is 2. The van der Waals surface area contributed by atoms with Crippen LogP contribution in [-0.4, -0.2) is 33.4 Å². The molecule has 0 bridgehead atoms. The summed E-state index contributed by atoms with van der Waals surface area (Å²) in [6.45, 7) is 7.37. The number of hydrogen-bond acceptors (Lipinski definition) is 3. The maximum absolute atomic E-state index is 11.9. The smallest absolute Gasteiger partial charge is 0.320 e. The predicted octanol–water partition coefficient (Wildman–Crippen LogP) is 3.22. The lowest BCUT2D eigenvalue weighted by Gasteiger charge is -2.19.